The highest BCUT2D eigenvalue weighted by molar-refractivity contribution is 5.34. The molecular formula is C12H15FO. The van der Waals surface area contributed by atoms with Gasteiger partial charge in [0.05, 0.1) is 6.10 Å². The van der Waals surface area contributed by atoms with Gasteiger partial charge in [0.25, 0.3) is 0 Å². The average Bonchev–Trinajstić information content (AvgIpc) is 2.89. The Balaban J connectivity index is 2.23. The topological polar surface area (TPSA) is 20.2 Å². The van der Waals surface area contributed by atoms with Gasteiger partial charge in [-0.2, -0.15) is 0 Å². The lowest BCUT2D eigenvalue weighted by atomic mass is 10.0. The van der Waals surface area contributed by atoms with E-state index in [0.29, 0.717) is 11.8 Å². The second-order valence-corrected chi connectivity index (χ2v) is 4.20. The third-order valence-corrected chi connectivity index (χ3v) is 3.17. The van der Waals surface area contributed by atoms with Crippen molar-refractivity contribution in [3.05, 3.63) is 35.1 Å². The maximum atomic E-state index is 13.2. The maximum absolute atomic E-state index is 13.2. The fourth-order valence-corrected chi connectivity index (χ4v) is 2.13. The van der Waals surface area contributed by atoms with Crippen LogP contribution in [0.1, 0.15) is 30.4 Å². The molecule has 1 nitrogen and oxygen atoms in total. The highest BCUT2D eigenvalue weighted by Gasteiger charge is 2.42. The summed E-state index contributed by atoms with van der Waals surface area (Å²) >= 11 is 0. The first-order chi connectivity index (χ1) is 6.61. The first kappa shape index (κ1) is 9.66. The van der Waals surface area contributed by atoms with Gasteiger partial charge in [0.2, 0.25) is 0 Å². The van der Waals surface area contributed by atoms with E-state index >= 15 is 0 Å². The predicted molar refractivity (Wildman–Crippen MR) is 53.7 cm³/mol. The van der Waals surface area contributed by atoms with E-state index < -0.39 is 0 Å². The molecule has 3 atom stereocenters. The molecule has 2 heteroatoms. The van der Waals surface area contributed by atoms with Crippen molar-refractivity contribution < 1.29 is 9.50 Å². The highest BCUT2D eigenvalue weighted by atomic mass is 19.1. The number of hydrogen-bond donors (Lipinski definition) is 1. The number of aliphatic hydroxyl groups excluding tert-OH is 1. The van der Waals surface area contributed by atoms with E-state index in [1.54, 1.807) is 13.0 Å². The van der Waals surface area contributed by atoms with Crippen LogP contribution in [0, 0.1) is 18.7 Å². The summed E-state index contributed by atoms with van der Waals surface area (Å²) in [6.45, 7) is 3.61. The number of halogens is 1. The zero-order valence-electron chi connectivity index (χ0n) is 8.50. The number of aliphatic hydroxyl groups is 1. The third-order valence-electron chi connectivity index (χ3n) is 3.17. The smallest absolute Gasteiger partial charge is 0.126 e. The van der Waals surface area contributed by atoms with Crippen LogP contribution in [0.2, 0.25) is 0 Å². The van der Waals surface area contributed by atoms with Crippen molar-refractivity contribution in [3.8, 4) is 0 Å². The van der Waals surface area contributed by atoms with Crippen LogP contribution in [0.15, 0.2) is 18.2 Å². The molecule has 0 heterocycles. The molecule has 0 radical (unpaired) electrons. The minimum absolute atomic E-state index is 0.140. The Morgan fingerprint density at radius 2 is 2.21 bits per heavy atom. The van der Waals surface area contributed by atoms with E-state index in [2.05, 4.69) is 0 Å². The monoisotopic (exact) mass is 194 g/mol. The fourth-order valence-electron chi connectivity index (χ4n) is 2.13. The van der Waals surface area contributed by atoms with Crippen LogP contribution in [0.4, 0.5) is 4.39 Å². The molecule has 0 aliphatic heterocycles. The van der Waals surface area contributed by atoms with Gasteiger partial charge in [-0.3, -0.25) is 0 Å². The van der Waals surface area contributed by atoms with Gasteiger partial charge in [0.15, 0.2) is 0 Å². The van der Waals surface area contributed by atoms with E-state index in [-0.39, 0.29) is 11.9 Å². The molecule has 1 aliphatic carbocycles. The van der Waals surface area contributed by atoms with Crippen LogP contribution in [-0.2, 0) is 0 Å². The van der Waals surface area contributed by atoms with E-state index in [1.807, 2.05) is 13.0 Å². The summed E-state index contributed by atoms with van der Waals surface area (Å²) in [5, 5.41) is 9.39. The molecule has 0 aromatic heterocycles. The van der Waals surface area contributed by atoms with E-state index in [0.717, 1.165) is 17.5 Å². The van der Waals surface area contributed by atoms with Crippen molar-refractivity contribution in [2.75, 3.05) is 0 Å². The molecule has 0 amide bonds. The van der Waals surface area contributed by atoms with Crippen molar-refractivity contribution in [1.29, 1.82) is 0 Å². The van der Waals surface area contributed by atoms with Gasteiger partial charge in [-0.1, -0.05) is 12.1 Å². The first-order valence-corrected chi connectivity index (χ1v) is 5.04. The molecule has 14 heavy (non-hydrogen) atoms. The molecule has 1 aromatic carbocycles. The molecule has 1 aliphatic rings. The molecule has 0 spiro atoms. The summed E-state index contributed by atoms with van der Waals surface area (Å²) in [6.07, 6.45) is 0.713. The SMILES string of the molecule is Cc1c(F)cccc1[C@H]1C[C@H]1[C@@H](C)O. The Morgan fingerprint density at radius 1 is 1.50 bits per heavy atom. The summed E-state index contributed by atoms with van der Waals surface area (Å²) in [5.41, 5.74) is 1.80. The van der Waals surface area contributed by atoms with Crippen LogP contribution in [-0.4, -0.2) is 11.2 Å². The normalized spacial score (nSPS) is 27.4. The van der Waals surface area contributed by atoms with Crippen LogP contribution >= 0.6 is 0 Å². The van der Waals surface area contributed by atoms with Crippen LogP contribution < -0.4 is 0 Å². The molecule has 76 valence electrons. The van der Waals surface area contributed by atoms with E-state index in [1.165, 1.54) is 6.07 Å². The zero-order chi connectivity index (χ0) is 10.3. The van der Waals surface area contributed by atoms with Crippen LogP contribution in [0.3, 0.4) is 0 Å². The number of hydrogen-bond acceptors (Lipinski definition) is 1. The Morgan fingerprint density at radius 3 is 2.79 bits per heavy atom. The summed E-state index contributed by atoms with van der Waals surface area (Å²) in [7, 11) is 0. The standard InChI is InChI=1S/C12H15FO/c1-7-9(4-3-5-12(7)13)11-6-10(11)8(2)14/h3-5,8,10-11,14H,6H2,1-2H3/t8-,10+,11-/m1/s1. The number of rotatable bonds is 2. The molecule has 0 bridgehead atoms. The van der Waals surface area contributed by atoms with Crippen LogP contribution in [0.25, 0.3) is 0 Å². The lowest BCUT2D eigenvalue weighted by molar-refractivity contribution is 0.169. The number of benzene rings is 1. The Labute approximate surface area is 83.6 Å². The van der Waals surface area contributed by atoms with Crippen molar-refractivity contribution in [2.24, 2.45) is 5.92 Å². The molecule has 0 unspecified atom stereocenters. The van der Waals surface area contributed by atoms with Gasteiger partial charge in [-0.05, 0) is 49.3 Å². The van der Waals surface area contributed by atoms with Crippen molar-refractivity contribution in [3.63, 3.8) is 0 Å². The fraction of sp³-hybridized carbons (Fsp3) is 0.500. The van der Waals surface area contributed by atoms with Gasteiger partial charge in [-0.15, -0.1) is 0 Å². The highest BCUT2D eigenvalue weighted by Crippen LogP contribution is 2.50. The van der Waals surface area contributed by atoms with Gasteiger partial charge in [-0.25, -0.2) is 4.39 Å². The van der Waals surface area contributed by atoms with Gasteiger partial charge in [0, 0.05) is 0 Å². The van der Waals surface area contributed by atoms with Gasteiger partial charge >= 0.3 is 0 Å². The summed E-state index contributed by atoms with van der Waals surface area (Å²) in [6, 6.07) is 5.19. The quantitative estimate of drug-likeness (QED) is 0.767. The first-order valence-electron chi connectivity index (χ1n) is 5.04. The minimum atomic E-state index is -0.275. The largest absolute Gasteiger partial charge is 0.393 e. The Kier molecular flexibility index (Phi) is 2.31. The minimum Gasteiger partial charge on any atom is -0.393 e. The molecule has 1 fully saturated rings. The van der Waals surface area contributed by atoms with Crippen molar-refractivity contribution in [1.82, 2.24) is 0 Å². The lowest BCUT2D eigenvalue weighted by Crippen LogP contribution is -2.04. The molecule has 1 N–H and O–H groups in total. The summed E-state index contributed by atoms with van der Waals surface area (Å²) < 4.78 is 13.2. The Bertz CT molecular complexity index is 346. The molecule has 1 saturated carbocycles. The molecular weight excluding hydrogens is 179 g/mol. The summed E-state index contributed by atoms with van der Waals surface area (Å²) in [5.74, 6) is 0.556. The molecule has 0 saturated heterocycles. The average molecular weight is 194 g/mol. The third kappa shape index (κ3) is 1.55. The zero-order valence-corrected chi connectivity index (χ0v) is 8.50. The molecule has 2 rings (SSSR count). The van der Waals surface area contributed by atoms with Gasteiger partial charge < -0.3 is 5.11 Å². The summed E-state index contributed by atoms with van der Waals surface area (Å²) in [4.78, 5) is 0. The lowest BCUT2D eigenvalue weighted by Gasteiger charge is -2.07. The Hall–Kier alpha value is -0.890. The predicted octanol–water partition coefficient (Wildman–Crippen LogP) is 2.62. The second kappa shape index (κ2) is 3.35. The van der Waals surface area contributed by atoms with E-state index in [4.69, 9.17) is 0 Å². The van der Waals surface area contributed by atoms with Crippen LogP contribution in [0.5, 0.6) is 0 Å². The van der Waals surface area contributed by atoms with Crippen molar-refractivity contribution in [2.45, 2.75) is 32.3 Å². The molecule has 1 aromatic rings. The van der Waals surface area contributed by atoms with Gasteiger partial charge in [0.1, 0.15) is 5.82 Å². The maximum Gasteiger partial charge on any atom is 0.126 e. The van der Waals surface area contributed by atoms with E-state index in [9.17, 15) is 9.50 Å². The second-order valence-electron chi connectivity index (χ2n) is 4.20. The van der Waals surface area contributed by atoms with Crippen molar-refractivity contribution >= 4 is 0 Å².